The van der Waals surface area contributed by atoms with Crippen LogP contribution in [0, 0.1) is 5.92 Å². The summed E-state index contributed by atoms with van der Waals surface area (Å²) in [5, 5.41) is 18.8. The summed E-state index contributed by atoms with van der Waals surface area (Å²) in [6, 6.07) is 6.12. The third kappa shape index (κ3) is 7.92. The van der Waals surface area contributed by atoms with Gasteiger partial charge in [-0.1, -0.05) is 32.0 Å². The van der Waals surface area contributed by atoms with Crippen LogP contribution in [0.4, 0.5) is 0 Å². The zero-order valence-corrected chi connectivity index (χ0v) is 17.4. The lowest BCUT2D eigenvalue weighted by Crippen LogP contribution is -2.56. The van der Waals surface area contributed by atoms with Gasteiger partial charge in [-0.2, -0.15) is 0 Å². The minimum absolute atomic E-state index is 0.0112. The first-order valence-electron chi connectivity index (χ1n) is 9.87. The molecule has 3 amide bonds. The predicted octanol–water partition coefficient (Wildman–Crippen LogP) is -0.852. The van der Waals surface area contributed by atoms with E-state index in [1.807, 2.05) is 13.8 Å². The van der Waals surface area contributed by atoms with Crippen molar-refractivity contribution in [2.45, 2.75) is 38.8 Å². The van der Waals surface area contributed by atoms with E-state index in [0.717, 1.165) is 0 Å². The number of H-pyrrole nitrogens is 1. The number of aliphatic carboxylic acids is 1. The van der Waals surface area contributed by atoms with E-state index >= 15 is 0 Å². The van der Waals surface area contributed by atoms with Crippen LogP contribution in [-0.2, 0) is 20.8 Å². The number of benzene rings is 1. The average Bonchev–Trinajstić information content (AvgIpc) is 3.24. The third-order valence-corrected chi connectivity index (χ3v) is 4.38. The molecule has 0 spiro atoms. The number of aromatic amines is 1. The molecule has 166 valence electrons. The molecule has 2 atom stereocenters. The minimum Gasteiger partial charge on any atom is -0.548 e. The van der Waals surface area contributed by atoms with E-state index in [4.69, 9.17) is 0 Å². The van der Waals surface area contributed by atoms with Crippen LogP contribution in [-0.4, -0.2) is 52.3 Å². The molecule has 1 aromatic carbocycles. The van der Waals surface area contributed by atoms with Crippen molar-refractivity contribution >= 4 is 23.7 Å². The standard InChI is InChI=1S/C21H27N5O5/c1-13(2)8-17(21(30)31)26-20(29)16(9-15-10-22-12-24-15)25-18(27)11-23-19(28)14-6-4-3-5-7-14/h3-7,10,12-13,16-17H,8-9,11H2,1-2H3,(H,22,24)(H,23,28)(H,25,27)(H,26,29)(H,30,31)/p-1/t16-,17-/m0/s1. The number of nitrogens with zero attached hydrogens (tertiary/aromatic N) is 1. The highest BCUT2D eigenvalue weighted by atomic mass is 16.4. The van der Waals surface area contributed by atoms with Gasteiger partial charge in [-0.05, 0) is 24.5 Å². The Balaban J connectivity index is 2.01. The van der Waals surface area contributed by atoms with E-state index in [9.17, 15) is 24.3 Å². The Kier molecular flexibility index (Phi) is 8.74. The molecule has 0 saturated carbocycles. The molecule has 0 unspecified atom stereocenters. The topological polar surface area (TPSA) is 156 Å². The Labute approximate surface area is 179 Å². The second-order valence-electron chi connectivity index (χ2n) is 7.46. The zero-order chi connectivity index (χ0) is 22.8. The van der Waals surface area contributed by atoms with Crippen LogP contribution in [0.3, 0.4) is 0 Å². The van der Waals surface area contributed by atoms with Crippen LogP contribution >= 0.6 is 0 Å². The fourth-order valence-corrected chi connectivity index (χ4v) is 2.88. The summed E-state index contributed by atoms with van der Waals surface area (Å²) in [6.45, 7) is 3.29. The minimum atomic E-state index is -1.40. The maximum absolute atomic E-state index is 12.7. The highest BCUT2D eigenvalue weighted by Gasteiger charge is 2.25. The predicted molar refractivity (Wildman–Crippen MR) is 109 cm³/mol. The van der Waals surface area contributed by atoms with Crippen LogP contribution < -0.4 is 21.1 Å². The van der Waals surface area contributed by atoms with Crippen molar-refractivity contribution in [3.8, 4) is 0 Å². The number of carbonyl (C=O) groups excluding carboxylic acids is 4. The van der Waals surface area contributed by atoms with E-state index in [1.54, 1.807) is 30.3 Å². The van der Waals surface area contributed by atoms with Crippen molar-refractivity contribution in [1.82, 2.24) is 25.9 Å². The third-order valence-electron chi connectivity index (χ3n) is 4.38. The van der Waals surface area contributed by atoms with E-state index in [-0.39, 0.29) is 25.3 Å². The largest absolute Gasteiger partial charge is 0.548 e. The highest BCUT2D eigenvalue weighted by Crippen LogP contribution is 2.06. The molecule has 10 nitrogen and oxygen atoms in total. The quantitative estimate of drug-likeness (QED) is 0.365. The fourth-order valence-electron chi connectivity index (χ4n) is 2.88. The van der Waals surface area contributed by atoms with Crippen LogP contribution in [0.15, 0.2) is 42.9 Å². The summed E-state index contributed by atoms with van der Waals surface area (Å²) in [5.41, 5.74) is 0.968. The molecule has 2 rings (SSSR count). The number of hydrogen-bond acceptors (Lipinski definition) is 6. The zero-order valence-electron chi connectivity index (χ0n) is 17.4. The summed E-state index contributed by atoms with van der Waals surface area (Å²) in [4.78, 5) is 55.3. The Morgan fingerprint density at radius 2 is 1.77 bits per heavy atom. The van der Waals surface area contributed by atoms with Crippen LogP contribution in [0.25, 0.3) is 0 Å². The molecule has 1 aromatic heterocycles. The van der Waals surface area contributed by atoms with Crippen LogP contribution in [0.5, 0.6) is 0 Å². The van der Waals surface area contributed by atoms with E-state index < -0.39 is 35.8 Å². The van der Waals surface area contributed by atoms with E-state index in [1.165, 1.54) is 12.5 Å². The van der Waals surface area contributed by atoms with Crippen LogP contribution in [0.2, 0.25) is 0 Å². The lowest BCUT2D eigenvalue weighted by Gasteiger charge is -2.25. The molecule has 31 heavy (non-hydrogen) atoms. The van der Waals surface area contributed by atoms with Gasteiger partial charge in [-0.3, -0.25) is 14.4 Å². The number of hydrogen-bond donors (Lipinski definition) is 4. The van der Waals surface area contributed by atoms with Gasteiger partial charge in [0.1, 0.15) is 6.04 Å². The first kappa shape index (κ1) is 23.6. The summed E-state index contributed by atoms with van der Waals surface area (Å²) < 4.78 is 0. The second-order valence-corrected chi connectivity index (χ2v) is 7.46. The average molecular weight is 428 g/mol. The normalized spacial score (nSPS) is 12.6. The van der Waals surface area contributed by atoms with Crippen molar-refractivity contribution in [2.75, 3.05) is 6.54 Å². The molecule has 0 aliphatic rings. The Morgan fingerprint density at radius 3 is 2.35 bits per heavy atom. The van der Waals surface area contributed by atoms with Crippen molar-refractivity contribution in [2.24, 2.45) is 5.92 Å². The van der Waals surface area contributed by atoms with Crippen molar-refractivity contribution < 1.29 is 24.3 Å². The van der Waals surface area contributed by atoms with Crippen molar-refractivity contribution in [1.29, 1.82) is 0 Å². The van der Waals surface area contributed by atoms with Crippen LogP contribution in [0.1, 0.15) is 36.3 Å². The Morgan fingerprint density at radius 1 is 1.06 bits per heavy atom. The number of imidazole rings is 1. The number of nitrogens with one attached hydrogen (secondary N) is 4. The number of rotatable bonds is 11. The van der Waals surface area contributed by atoms with Gasteiger partial charge in [0.2, 0.25) is 11.8 Å². The van der Waals surface area contributed by atoms with Gasteiger partial charge in [-0.25, -0.2) is 4.98 Å². The first-order chi connectivity index (χ1) is 14.8. The SMILES string of the molecule is CC(C)C[C@H](NC(=O)[C@H](Cc1cnc[nH]1)NC(=O)CNC(=O)c1ccccc1)C(=O)[O-]. The molecule has 4 N–H and O–H groups in total. The van der Waals surface area contributed by atoms with Gasteiger partial charge in [0.25, 0.3) is 5.91 Å². The first-order valence-corrected chi connectivity index (χ1v) is 9.87. The number of aromatic nitrogens is 2. The highest BCUT2D eigenvalue weighted by molar-refractivity contribution is 5.97. The van der Waals surface area contributed by atoms with Crippen molar-refractivity contribution in [3.63, 3.8) is 0 Å². The van der Waals surface area contributed by atoms with E-state index in [2.05, 4.69) is 25.9 Å². The summed E-state index contributed by atoms with van der Waals surface area (Å²) in [7, 11) is 0. The maximum atomic E-state index is 12.7. The second kappa shape index (κ2) is 11.5. The van der Waals surface area contributed by atoms with Gasteiger partial charge >= 0.3 is 0 Å². The van der Waals surface area contributed by atoms with Gasteiger partial charge in [0.15, 0.2) is 0 Å². The molecule has 10 heteroatoms. The smallest absolute Gasteiger partial charge is 0.251 e. The fraction of sp³-hybridized carbons (Fsp3) is 0.381. The molecule has 0 aliphatic heterocycles. The van der Waals surface area contributed by atoms with E-state index in [0.29, 0.717) is 11.3 Å². The molecule has 0 aliphatic carbocycles. The van der Waals surface area contributed by atoms with Crippen molar-refractivity contribution in [3.05, 3.63) is 54.1 Å². The lowest BCUT2D eigenvalue weighted by molar-refractivity contribution is -0.308. The Bertz CT molecular complexity index is 883. The summed E-state index contributed by atoms with van der Waals surface area (Å²) >= 11 is 0. The van der Waals surface area contributed by atoms with Gasteiger partial charge < -0.3 is 30.8 Å². The monoisotopic (exact) mass is 428 g/mol. The number of carboxylic acids is 1. The van der Waals surface area contributed by atoms with Gasteiger partial charge in [-0.15, -0.1) is 0 Å². The molecule has 0 saturated heterocycles. The lowest BCUT2D eigenvalue weighted by atomic mass is 10.0. The Hall–Kier alpha value is -3.69. The molecule has 0 radical (unpaired) electrons. The molecule has 0 bridgehead atoms. The molecular weight excluding hydrogens is 402 g/mol. The number of amides is 3. The maximum Gasteiger partial charge on any atom is 0.251 e. The molecule has 1 heterocycles. The molecular formula is C21H26N5O5-. The summed E-state index contributed by atoms with van der Waals surface area (Å²) in [6.07, 6.45) is 3.17. The molecule has 2 aromatic rings. The summed E-state index contributed by atoms with van der Waals surface area (Å²) in [5.74, 6) is -3.09. The number of carbonyl (C=O) groups is 4. The van der Waals surface area contributed by atoms with Gasteiger partial charge in [0, 0.05) is 23.9 Å². The number of carboxylic acid groups (broad SMARTS) is 1. The van der Waals surface area contributed by atoms with Gasteiger partial charge in [0.05, 0.1) is 24.9 Å². The molecule has 0 fully saturated rings.